The number of carbonyl (C=O) groups is 1. The highest BCUT2D eigenvalue weighted by Gasteiger charge is 2.16. The molecule has 4 rings (SSSR count). The van der Waals surface area contributed by atoms with Crippen molar-refractivity contribution < 1.29 is 19.0 Å². The van der Waals surface area contributed by atoms with Crippen molar-refractivity contribution in [2.75, 3.05) is 5.32 Å². The smallest absolute Gasteiger partial charge is 0.335 e. The molecule has 0 bridgehead atoms. The number of fused-ring (bicyclic) bond motifs is 1. The first-order valence-corrected chi connectivity index (χ1v) is 9.49. The summed E-state index contributed by atoms with van der Waals surface area (Å²) < 4.78 is 19.4. The molecule has 0 aliphatic carbocycles. The molecule has 0 spiro atoms. The second kappa shape index (κ2) is 8.43. The normalized spacial score (nSPS) is 11.8. The maximum Gasteiger partial charge on any atom is 0.335 e. The summed E-state index contributed by atoms with van der Waals surface area (Å²) in [4.78, 5) is 19.8. The molecule has 4 aromatic rings. The van der Waals surface area contributed by atoms with E-state index in [1.54, 1.807) is 54.7 Å². The molecule has 0 amide bonds. The van der Waals surface area contributed by atoms with Crippen molar-refractivity contribution in [1.29, 1.82) is 0 Å². The Hall–Kier alpha value is -3.94. The Labute approximate surface area is 179 Å². The van der Waals surface area contributed by atoms with Crippen molar-refractivity contribution in [3.63, 3.8) is 0 Å². The highest BCUT2D eigenvalue weighted by molar-refractivity contribution is 6.32. The summed E-state index contributed by atoms with van der Waals surface area (Å²) in [6.07, 6.45) is 1.58. The molecule has 2 aromatic heterocycles. The van der Waals surface area contributed by atoms with Crippen LogP contribution in [0.5, 0.6) is 11.6 Å². The monoisotopic (exact) mass is 413 g/mol. The third kappa shape index (κ3) is 4.48. The van der Waals surface area contributed by atoms with Crippen LogP contribution in [0.15, 0.2) is 66.9 Å². The second-order valence-corrected chi connectivity index (χ2v) is 6.96. The van der Waals surface area contributed by atoms with Gasteiger partial charge < -0.3 is 15.2 Å². The van der Waals surface area contributed by atoms with Gasteiger partial charge in [0.05, 0.1) is 10.9 Å². The Bertz CT molecular complexity index is 1260. The molecular formula is C23H17BFN3O3. The summed E-state index contributed by atoms with van der Waals surface area (Å²) in [5.41, 5.74) is 1.38. The van der Waals surface area contributed by atoms with E-state index in [2.05, 4.69) is 15.3 Å². The molecule has 0 saturated carbocycles. The average Bonchev–Trinajstić information content (AvgIpc) is 2.73. The molecule has 2 aromatic carbocycles. The maximum absolute atomic E-state index is 13.6. The molecule has 1 atom stereocenters. The Balaban J connectivity index is 1.71. The first kappa shape index (κ1) is 20.3. The Morgan fingerprint density at radius 1 is 1.16 bits per heavy atom. The van der Waals surface area contributed by atoms with Crippen molar-refractivity contribution in [3.05, 3.63) is 83.8 Å². The van der Waals surface area contributed by atoms with E-state index in [1.807, 2.05) is 6.92 Å². The molecule has 0 fully saturated rings. The minimum atomic E-state index is -0.985. The number of anilines is 1. The third-order valence-electron chi connectivity index (χ3n) is 4.75. The summed E-state index contributed by atoms with van der Waals surface area (Å²) in [6, 6.07) is 15.6. The van der Waals surface area contributed by atoms with Crippen LogP contribution in [-0.2, 0) is 0 Å². The highest BCUT2D eigenvalue weighted by Crippen LogP contribution is 2.33. The maximum atomic E-state index is 13.6. The van der Waals surface area contributed by atoms with E-state index in [4.69, 9.17) is 17.7 Å². The van der Waals surface area contributed by atoms with Crippen LogP contribution in [0.2, 0.25) is 0 Å². The molecule has 2 heterocycles. The number of aromatic nitrogens is 2. The first-order valence-electron chi connectivity index (χ1n) is 9.49. The molecular weight excluding hydrogens is 396 g/mol. The number of pyridine rings is 2. The van der Waals surface area contributed by atoms with E-state index in [0.29, 0.717) is 22.5 Å². The highest BCUT2D eigenvalue weighted by atomic mass is 19.1. The van der Waals surface area contributed by atoms with Crippen LogP contribution in [0, 0.1) is 5.82 Å². The molecule has 0 saturated heterocycles. The summed E-state index contributed by atoms with van der Waals surface area (Å²) >= 11 is 0. The molecule has 0 aliphatic rings. The van der Waals surface area contributed by atoms with Crippen LogP contribution < -0.4 is 15.6 Å². The minimum absolute atomic E-state index is 0.207. The van der Waals surface area contributed by atoms with Gasteiger partial charge in [0, 0.05) is 18.3 Å². The summed E-state index contributed by atoms with van der Waals surface area (Å²) in [6.45, 7) is 1.91. The zero-order valence-electron chi connectivity index (χ0n) is 16.5. The van der Waals surface area contributed by atoms with Crippen LogP contribution in [-0.4, -0.2) is 28.9 Å². The molecule has 8 heteroatoms. The Morgan fingerprint density at radius 3 is 2.65 bits per heavy atom. The largest absolute Gasteiger partial charge is 0.478 e. The number of carboxylic acids is 1. The number of carboxylic acid groups (broad SMARTS) is 1. The summed E-state index contributed by atoms with van der Waals surface area (Å²) in [5.74, 6) is -0.395. The lowest BCUT2D eigenvalue weighted by atomic mass is 10.0. The quantitative estimate of drug-likeness (QED) is 0.461. The number of nitrogens with one attached hydrogen (secondary N) is 1. The predicted octanol–water partition coefficient (Wildman–Crippen LogP) is 4.23. The van der Waals surface area contributed by atoms with Gasteiger partial charge in [-0.1, -0.05) is 18.2 Å². The summed E-state index contributed by atoms with van der Waals surface area (Å²) in [5, 5.41) is 13.7. The van der Waals surface area contributed by atoms with Gasteiger partial charge >= 0.3 is 5.97 Å². The molecule has 152 valence electrons. The molecule has 0 aliphatic heterocycles. The van der Waals surface area contributed by atoms with Crippen molar-refractivity contribution in [3.8, 4) is 11.6 Å². The van der Waals surface area contributed by atoms with E-state index in [9.17, 15) is 9.18 Å². The van der Waals surface area contributed by atoms with Gasteiger partial charge in [0.25, 0.3) is 0 Å². The van der Waals surface area contributed by atoms with Gasteiger partial charge in [-0.3, -0.25) is 0 Å². The van der Waals surface area contributed by atoms with Gasteiger partial charge in [0.1, 0.15) is 25.2 Å². The van der Waals surface area contributed by atoms with E-state index >= 15 is 0 Å². The van der Waals surface area contributed by atoms with Crippen LogP contribution in [0.1, 0.15) is 28.9 Å². The van der Waals surface area contributed by atoms with E-state index in [1.165, 1.54) is 12.1 Å². The fourth-order valence-electron chi connectivity index (χ4n) is 3.22. The van der Waals surface area contributed by atoms with E-state index in [-0.39, 0.29) is 17.5 Å². The Kier molecular flexibility index (Phi) is 5.53. The number of ether oxygens (including phenoxy) is 1. The number of benzene rings is 2. The van der Waals surface area contributed by atoms with Crippen molar-refractivity contribution >= 4 is 36.0 Å². The van der Waals surface area contributed by atoms with Crippen molar-refractivity contribution in [2.24, 2.45) is 0 Å². The van der Waals surface area contributed by atoms with Gasteiger partial charge in [-0.25, -0.2) is 19.2 Å². The van der Waals surface area contributed by atoms with Crippen LogP contribution in [0.25, 0.3) is 10.8 Å². The molecule has 2 N–H and O–H groups in total. The van der Waals surface area contributed by atoms with Crippen molar-refractivity contribution in [1.82, 2.24) is 9.97 Å². The van der Waals surface area contributed by atoms with E-state index < -0.39 is 11.8 Å². The Morgan fingerprint density at radius 2 is 1.94 bits per heavy atom. The average molecular weight is 413 g/mol. The van der Waals surface area contributed by atoms with Gasteiger partial charge in [-0.2, -0.15) is 0 Å². The lowest BCUT2D eigenvalue weighted by Crippen LogP contribution is -2.15. The first-order chi connectivity index (χ1) is 14.9. The van der Waals surface area contributed by atoms with Crippen LogP contribution in [0.4, 0.5) is 10.2 Å². The molecule has 2 radical (unpaired) electrons. The van der Waals surface area contributed by atoms with Gasteiger partial charge in [0.2, 0.25) is 5.88 Å². The lowest BCUT2D eigenvalue weighted by Gasteiger charge is -2.18. The SMILES string of the molecule is [B]c1cc2ccnc(Oc3cccc(F)c3)c2c(N[C@@H](C)c2ccc(C(=O)O)cc2)n1. The second-order valence-electron chi connectivity index (χ2n) is 6.96. The standard InChI is InChI=1S/C23H17BFN3O3/c1-13(14-5-7-15(8-6-14)23(29)30)27-21-20-16(11-19(24)28-21)9-10-26-22(20)31-18-4-2-3-17(25)12-18/h2-13H,1H3,(H,27,28)(H,29,30)/t13-/m0/s1. The third-order valence-corrected chi connectivity index (χ3v) is 4.75. The van der Waals surface area contributed by atoms with Gasteiger partial charge in [-0.05, 0) is 59.9 Å². The van der Waals surface area contributed by atoms with Gasteiger partial charge in [0.15, 0.2) is 0 Å². The van der Waals surface area contributed by atoms with Crippen LogP contribution >= 0.6 is 0 Å². The molecule has 31 heavy (non-hydrogen) atoms. The number of hydrogen-bond donors (Lipinski definition) is 2. The molecule has 0 unspecified atom stereocenters. The fourth-order valence-corrected chi connectivity index (χ4v) is 3.22. The number of hydrogen-bond acceptors (Lipinski definition) is 5. The zero-order chi connectivity index (χ0) is 22.0. The number of rotatable bonds is 6. The minimum Gasteiger partial charge on any atom is -0.478 e. The van der Waals surface area contributed by atoms with Crippen molar-refractivity contribution in [2.45, 2.75) is 13.0 Å². The topological polar surface area (TPSA) is 84.3 Å². The fraction of sp³-hybridized carbons (Fsp3) is 0.0870. The van der Waals surface area contributed by atoms with Crippen LogP contribution in [0.3, 0.4) is 0 Å². The number of nitrogens with zero attached hydrogens (tertiary/aromatic N) is 2. The summed E-state index contributed by atoms with van der Waals surface area (Å²) in [7, 11) is 5.99. The number of aromatic carboxylic acids is 1. The van der Waals surface area contributed by atoms with E-state index in [0.717, 1.165) is 10.9 Å². The zero-order valence-corrected chi connectivity index (χ0v) is 16.5. The lowest BCUT2D eigenvalue weighted by molar-refractivity contribution is 0.0697. The predicted molar refractivity (Wildman–Crippen MR) is 117 cm³/mol. The molecule has 6 nitrogen and oxygen atoms in total. The van der Waals surface area contributed by atoms with Gasteiger partial charge in [-0.15, -0.1) is 0 Å². The number of halogens is 1.